The van der Waals surface area contributed by atoms with Crippen molar-refractivity contribution in [3.8, 4) is 0 Å². The van der Waals surface area contributed by atoms with Crippen LogP contribution in [0.4, 0.5) is 237 Å². The zero-order chi connectivity index (χ0) is 75.8. The normalized spacial score (nSPS) is 17.8. The molecule has 0 N–H and O–H groups in total. The number of carbonyl (C=O) groups excluding carboxylic acids is 2. The zero-order valence-electron chi connectivity index (χ0n) is 38.5. The third-order valence-corrected chi connectivity index (χ3v) is 8.76. The highest BCUT2D eigenvalue weighted by atomic mass is 19.5. The molecule has 0 aliphatic carbocycles. The predicted molar refractivity (Wildman–Crippen MR) is 150 cm³/mol. The van der Waals surface area contributed by atoms with Gasteiger partial charge in [0.25, 0.3) is 0 Å². The van der Waals surface area contributed by atoms with Gasteiger partial charge in [0.2, 0.25) is 0 Å². The highest BCUT2D eigenvalue weighted by molar-refractivity contribution is 5.79. The number of rotatable bonds is 29. The van der Waals surface area contributed by atoms with E-state index in [1.54, 1.807) is 0 Å². The highest BCUT2D eigenvalue weighted by Crippen LogP contribution is 2.63. The lowest BCUT2D eigenvalue weighted by Crippen LogP contribution is -2.69. The second-order valence-corrected chi connectivity index (χ2v) is 15.4. The molecule has 0 rings (SSSR count). The first-order valence-electron chi connectivity index (χ1n) is 18.6. The van der Waals surface area contributed by atoms with Gasteiger partial charge >= 0.3 is 169 Å². The van der Waals surface area contributed by atoms with Crippen LogP contribution in [0.2, 0.25) is 0 Å². The lowest BCUT2D eigenvalue weighted by atomic mass is 10.1. The van der Waals surface area contributed by atoms with Crippen LogP contribution in [-0.2, 0) is 47.5 Å². The summed E-state index contributed by atoms with van der Waals surface area (Å²) in [4.78, 5) is 22.3. The molecule has 64 heteroatoms. The zero-order valence-corrected chi connectivity index (χ0v) is 38.5. The molecule has 10 nitrogen and oxygen atoms in total. The van der Waals surface area contributed by atoms with E-state index in [2.05, 4.69) is 0 Å². The number of esters is 2. The van der Waals surface area contributed by atoms with E-state index in [9.17, 15) is 247 Å². The van der Waals surface area contributed by atoms with E-state index in [1.807, 2.05) is 0 Å². The Balaban J connectivity index is 7.27. The molecule has 0 fully saturated rings. The van der Waals surface area contributed by atoms with Crippen LogP contribution >= 0.6 is 0 Å². The smallest absolute Gasteiger partial charge is 0.391 e. The van der Waals surface area contributed by atoms with Gasteiger partial charge in [-0.05, 0) is 0 Å². The Labute approximate surface area is 455 Å². The number of alkyl halides is 54. The summed E-state index contributed by atoms with van der Waals surface area (Å²) in [5.74, 6) is -104. The Morgan fingerprint density at radius 2 is 0.283 bits per heavy atom. The molecule has 0 radical (unpaired) electrons. The van der Waals surface area contributed by atoms with E-state index >= 15 is 0 Å². The fraction of sp³-hybridized carbons (Fsp3) is 0.929. The summed E-state index contributed by atoms with van der Waals surface area (Å²) >= 11 is 0. The third kappa shape index (κ3) is 14.1. The fourth-order valence-electron chi connectivity index (χ4n) is 3.97. The number of hydrogen-bond acceptors (Lipinski definition) is 10. The molecule has 0 aromatic carbocycles. The maximum atomic E-state index is 14.1. The molecular formula is C28F54O10. The largest absolute Gasteiger partial charge is 0.473 e. The summed E-state index contributed by atoms with van der Waals surface area (Å²) in [6, 6.07) is 0. The highest BCUT2D eigenvalue weighted by Gasteiger charge is 2.92. The number of carbonyl (C=O) groups is 2. The first-order chi connectivity index (χ1) is 38.7. The van der Waals surface area contributed by atoms with Crippen LogP contribution in [0.15, 0.2) is 0 Å². The van der Waals surface area contributed by atoms with Gasteiger partial charge in [0.1, 0.15) is 0 Å². The number of halogens is 54. The summed E-state index contributed by atoms with van der Waals surface area (Å²) in [5.41, 5.74) is 0. The quantitative estimate of drug-likeness (QED) is 0.0531. The van der Waals surface area contributed by atoms with Gasteiger partial charge in [-0.3, -0.25) is 9.47 Å². The average molecular weight is 1520 g/mol. The van der Waals surface area contributed by atoms with Gasteiger partial charge in [0.05, 0.1) is 0 Å². The first-order valence-corrected chi connectivity index (χ1v) is 18.6. The number of hydrogen-bond donors (Lipinski definition) is 0. The molecule has 0 aromatic rings. The van der Waals surface area contributed by atoms with Crippen molar-refractivity contribution in [2.75, 3.05) is 0 Å². The van der Waals surface area contributed by atoms with E-state index in [0.717, 1.165) is 18.9 Å². The van der Waals surface area contributed by atoms with Crippen molar-refractivity contribution < 1.29 is 285 Å². The van der Waals surface area contributed by atoms with Gasteiger partial charge in [-0.15, -0.1) is 0 Å². The summed E-state index contributed by atoms with van der Waals surface area (Å²) < 4.78 is 735. The van der Waals surface area contributed by atoms with Crippen molar-refractivity contribution in [3.05, 3.63) is 0 Å². The third-order valence-electron chi connectivity index (χ3n) is 8.76. The van der Waals surface area contributed by atoms with E-state index in [0.29, 0.717) is 18.9 Å². The minimum atomic E-state index is -9.83. The van der Waals surface area contributed by atoms with Gasteiger partial charge in [-0.25, -0.2) is 28.5 Å². The SMILES string of the molecule is O=C(OC(F)(F)C(F)(F)C(F)(F)C(F)(F)OC(F)(F)C(F)(F)OC(F)(F)C(F)(F)C(F)(F)C(F)(F)OC(F)(F)C(F)(F)OC(F)(F)C(F)(F)C(F)(F)C(F)(F)OC(=O)C(F)(OC(F)(F)C(F)(F)C(F)(F)F)C(F)(F)F)C(F)(OC(F)(F)C(F)(F)C(F)(F)F)C(F)(F)F. The molecule has 0 bridgehead atoms. The maximum Gasteiger partial charge on any atom is 0.473 e. The molecule has 2 atom stereocenters. The monoisotopic (exact) mass is 1520 g/mol. The van der Waals surface area contributed by atoms with Crippen LogP contribution in [-0.4, -0.2) is 169 Å². The molecule has 0 heterocycles. The van der Waals surface area contributed by atoms with Crippen molar-refractivity contribution in [2.45, 2.75) is 157 Å². The summed E-state index contributed by atoms with van der Waals surface area (Å²) in [6.07, 6.45) is -143. The van der Waals surface area contributed by atoms with E-state index in [1.165, 1.54) is 0 Å². The molecule has 0 aliphatic heterocycles. The van der Waals surface area contributed by atoms with E-state index < -0.39 is 169 Å². The van der Waals surface area contributed by atoms with Crippen molar-refractivity contribution in [1.29, 1.82) is 0 Å². The molecule has 2 unspecified atom stereocenters. The lowest BCUT2D eigenvalue weighted by molar-refractivity contribution is -0.575. The molecule has 0 saturated carbocycles. The Bertz CT molecular complexity index is 2450. The van der Waals surface area contributed by atoms with Crippen molar-refractivity contribution in [3.63, 3.8) is 0 Å². The van der Waals surface area contributed by atoms with Crippen LogP contribution in [0.1, 0.15) is 0 Å². The lowest BCUT2D eigenvalue weighted by Gasteiger charge is -2.40. The van der Waals surface area contributed by atoms with Crippen molar-refractivity contribution >= 4 is 11.9 Å². The van der Waals surface area contributed by atoms with Crippen molar-refractivity contribution in [1.82, 2.24) is 0 Å². The van der Waals surface area contributed by atoms with Gasteiger partial charge in [0, 0.05) is 0 Å². The molecule has 0 aliphatic rings. The maximum absolute atomic E-state index is 14.1. The summed E-state index contributed by atoms with van der Waals surface area (Å²) in [5, 5.41) is 0. The Kier molecular flexibility index (Phi) is 21.5. The number of ether oxygens (including phenoxy) is 8. The van der Waals surface area contributed by atoms with Gasteiger partial charge < -0.3 is 9.47 Å². The molecular weight excluding hydrogens is 1520 g/mol. The minimum Gasteiger partial charge on any atom is -0.391 e. The van der Waals surface area contributed by atoms with Crippen LogP contribution in [0.25, 0.3) is 0 Å². The molecule has 0 spiro atoms. The summed E-state index contributed by atoms with van der Waals surface area (Å²) in [6.45, 7) is 0. The predicted octanol–water partition coefficient (Wildman–Crippen LogP) is 15.9. The second kappa shape index (κ2) is 22.8. The van der Waals surface area contributed by atoms with Crippen LogP contribution < -0.4 is 0 Å². The topological polar surface area (TPSA) is 108 Å². The minimum absolute atomic E-state index is 0.535. The average Bonchev–Trinajstić information content (AvgIpc) is 0.735. The van der Waals surface area contributed by atoms with E-state index in [4.69, 9.17) is 0 Å². The van der Waals surface area contributed by atoms with Crippen LogP contribution in [0, 0.1) is 0 Å². The Morgan fingerprint density at radius 3 is 0.413 bits per heavy atom. The molecule has 0 saturated heterocycles. The van der Waals surface area contributed by atoms with Gasteiger partial charge in [0.15, 0.2) is 0 Å². The molecule has 0 aromatic heterocycles. The van der Waals surface area contributed by atoms with Crippen LogP contribution in [0.5, 0.6) is 0 Å². The van der Waals surface area contributed by atoms with Gasteiger partial charge in [-0.1, -0.05) is 0 Å². The molecule has 0 amide bonds. The molecule has 92 heavy (non-hydrogen) atoms. The van der Waals surface area contributed by atoms with Crippen LogP contribution in [0.3, 0.4) is 0 Å². The summed E-state index contributed by atoms with van der Waals surface area (Å²) in [7, 11) is 0. The standard InChI is InChI=1S/C28F54O10/c29-3(13(47,48)49,87-23(71,72)11(43,44)15(53,54)55)1(83)85-17(59,60)5(31,32)7(35,36)19(63,64)89-25(75,76)27(79,80)91-21(67,68)9(39,40)10(41,42)22(69,70)92-28(81,82)26(77,78)90-20(65,66)8(37,38)6(33,34)18(61,62)86-2(84)4(30,14(50,51)52)88-24(73,74)12(45,46)16(56,57)58. The molecule has 550 valence electrons. The second-order valence-electron chi connectivity index (χ2n) is 15.4. The van der Waals surface area contributed by atoms with Crippen molar-refractivity contribution in [2.24, 2.45) is 0 Å². The first kappa shape index (κ1) is 86.9. The fourth-order valence-corrected chi connectivity index (χ4v) is 3.97. The Hall–Kier alpha value is -5.08. The Morgan fingerprint density at radius 1 is 0.152 bits per heavy atom. The van der Waals surface area contributed by atoms with Gasteiger partial charge in [-0.2, -0.15) is 237 Å². The van der Waals surface area contributed by atoms with E-state index in [-0.39, 0.29) is 0 Å².